The van der Waals surface area contributed by atoms with Gasteiger partial charge in [-0.05, 0) is 35.9 Å². The lowest BCUT2D eigenvalue weighted by molar-refractivity contribution is 0.0947. The summed E-state index contributed by atoms with van der Waals surface area (Å²) in [4.78, 5) is 11.8. The summed E-state index contributed by atoms with van der Waals surface area (Å²) in [5, 5.41) is 2.54. The molecule has 5 heteroatoms. The lowest BCUT2D eigenvalue weighted by atomic mass is 10.2. The summed E-state index contributed by atoms with van der Waals surface area (Å²) in [6.45, 7) is 0.145. The van der Waals surface area contributed by atoms with Crippen molar-refractivity contribution in [2.24, 2.45) is 0 Å². The van der Waals surface area contributed by atoms with Crippen molar-refractivity contribution in [3.05, 3.63) is 69.7 Å². The van der Waals surface area contributed by atoms with Crippen LogP contribution in [0, 0.1) is 11.6 Å². The van der Waals surface area contributed by atoms with Gasteiger partial charge in [-0.25, -0.2) is 8.78 Å². The molecule has 1 amide bonds. The van der Waals surface area contributed by atoms with Crippen LogP contribution in [-0.4, -0.2) is 5.91 Å². The third-order valence-corrected chi connectivity index (χ3v) is 3.01. The second kappa shape index (κ2) is 5.93. The Balaban J connectivity index is 2.05. The summed E-state index contributed by atoms with van der Waals surface area (Å²) < 4.78 is 27.0. The molecule has 2 aromatic rings. The van der Waals surface area contributed by atoms with E-state index in [1.807, 2.05) is 0 Å². The van der Waals surface area contributed by atoms with Gasteiger partial charge in [0.1, 0.15) is 11.6 Å². The third-order valence-electron chi connectivity index (χ3n) is 2.52. The molecule has 0 spiro atoms. The van der Waals surface area contributed by atoms with Gasteiger partial charge in [-0.2, -0.15) is 0 Å². The Bertz CT molecular complexity index is 616. The van der Waals surface area contributed by atoms with Crippen LogP contribution in [0.5, 0.6) is 0 Å². The Kier molecular flexibility index (Phi) is 4.27. The summed E-state index contributed by atoms with van der Waals surface area (Å²) >= 11 is 3.12. The van der Waals surface area contributed by atoms with Crippen molar-refractivity contribution in [2.75, 3.05) is 0 Å². The largest absolute Gasteiger partial charge is 0.348 e. The van der Waals surface area contributed by atoms with Gasteiger partial charge in [0.2, 0.25) is 0 Å². The third kappa shape index (κ3) is 3.61. The van der Waals surface area contributed by atoms with E-state index in [0.717, 1.165) is 0 Å². The predicted octanol–water partition coefficient (Wildman–Crippen LogP) is 3.66. The van der Waals surface area contributed by atoms with Crippen molar-refractivity contribution in [3.63, 3.8) is 0 Å². The predicted molar refractivity (Wildman–Crippen MR) is 71.7 cm³/mol. The van der Waals surface area contributed by atoms with Crippen LogP contribution in [0.2, 0.25) is 0 Å². The smallest absolute Gasteiger partial charge is 0.254 e. The summed E-state index contributed by atoms with van der Waals surface area (Å²) in [5.74, 6) is -1.51. The number of carbonyl (C=O) groups excluding carboxylic acids is 1. The first kappa shape index (κ1) is 13.7. The fraction of sp³-hybridized carbons (Fsp3) is 0.0714. The molecular formula is C14H10BrF2NO. The van der Waals surface area contributed by atoms with E-state index < -0.39 is 11.7 Å². The van der Waals surface area contributed by atoms with Gasteiger partial charge in [-0.3, -0.25) is 4.79 Å². The normalized spacial score (nSPS) is 10.3. The van der Waals surface area contributed by atoms with E-state index in [-0.39, 0.29) is 17.9 Å². The Hall–Kier alpha value is -1.75. The molecule has 0 unspecified atom stereocenters. The highest BCUT2D eigenvalue weighted by atomic mass is 79.9. The second-order valence-electron chi connectivity index (χ2n) is 3.94. The average Bonchev–Trinajstić information content (AvgIpc) is 2.36. The molecule has 0 bridgehead atoms. The minimum absolute atomic E-state index is 0.0420. The number of benzene rings is 2. The molecule has 0 aliphatic carbocycles. The monoisotopic (exact) mass is 325 g/mol. The number of amides is 1. The van der Waals surface area contributed by atoms with Crippen LogP contribution in [0.3, 0.4) is 0 Å². The van der Waals surface area contributed by atoms with Gasteiger partial charge in [-0.1, -0.05) is 28.1 Å². The standard InChI is InChI=1S/C14H10BrF2NO/c15-10-4-5-12(13(17)7-10)14(19)18-8-9-2-1-3-11(16)6-9/h1-7H,8H2,(H,18,19). The Morgan fingerprint density at radius 2 is 1.95 bits per heavy atom. The maximum Gasteiger partial charge on any atom is 0.254 e. The van der Waals surface area contributed by atoms with Crippen LogP contribution < -0.4 is 5.32 Å². The van der Waals surface area contributed by atoms with Gasteiger partial charge in [0, 0.05) is 11.0 Å². The van der Waals surface area contributed by atoms with Gasteiger partial charge in [0.05, 0.1) is 5.56 Å². The number of halogens is 3. The van der Waals surface area contributed by atoms with E-state index in [4.69, 9.17) is 0 Å². The van der Waals surface area contributed by atoms with Crippen LogP contribution in [0.1, 0.15) is 15.9 Å². The number of carbonyl (C=O) groups is 1. The van der Waals surface area contributed by atoms with E-state index >= 15 is 0 Å². The lowest BCUT2D eigenvalue weighted by Crippen LogP contribution is -2.23. The van der Waals surface area contributed by atoms with Gasteiger partial charge in [0.15, 0.2) is 0 Å². The topological polar surface area (TPSA) is 29.1 Å². The van der Waals surface area contributed by atoms with E-state index in [2.05, 4.69) is 21.2 Å². The quantitative estimate of drug-likeness (QED) is 0.916. The highest BCUT2D eigenvalue weighted by Crippen LogP contribution is 2.15. The Morgan fingerprint density at radius 1 is 1.16 bits per heavy atom. The molecule has 2 aromatic carbocycles. The van der Waals surface area contributed by atoms with E-state index in [1.165, 1.54) is 24.3 Å². The molecule has 0 radical (unpaired) electrons. The molecule has 2 nitrogen and oxygen atoms in total. The molecule has 0 aromatic heterocycles. The molecule has 1 N–H and O–H groups in total. The summed E-state index contributed by atoms with van der Waals surface area (Å²) in [6, 6.07) is 10.1. The molecule has 0 fully saturated rings. The van der Waals surface area contributed by atoms with Gasteiger partial charge >= 0.3 is 0 Å². The van der Waals surface area contributed by atoms with Crippen LogP contribution in [0.25, 0.3) is 0 Å². The van der Waals surface area contributed by atoms with Gasteiger partial charge in [0.25, 0.3) is 5.91 Å². The van der Waals surface area contributed by atoms with Crippen molar-refractivity contribution in [1.29, 1.82) is 0 Å². The fourth-order valence-corrected chi connectivity index (χ4v) is 1.93. The summed E-state index contributed by atoms with van der Waals surface area (Å²) in [6.07, 6.45) is 0. The molecule has 2 rings (SSSR count). The molecule has 98 valence electrons. The van der Waals surface area contributed by atoms with E-state index in [9.17, 15) is 13.6 Å². The molecule has 0 atom stereocenters. The first-order chi connectivity index (χ1) is 9.06. The first-order valence-corrected chi connectivity index (χ1v) is 6.33. The van der Waals surface area contributed by atoms with E-state index in [0.29, 0.717) is 10.0 Å². The average molecular weight is 326 g/mol. The Labute approximate surface area is 117 Å². The zero-order valence-corrected chi connectivity index (χ0v) is 11.4. The molecule has 0 aliphatic rings. The summed E-state index contributed by atoms with van der Waals surface area (Å²) in [7, 11) is 0. The highest BCUT2D eigenvalue weighted by Gasteiger charge is 2.11. The maximum absolute atomic E-state index is 13.5. The zero-order chi connectivity index (χ0) is 13.8. The van der Waals surface area contributed by atoms with Gasteiger partial charge < -0.3 is 5.32 Å². The second-order valence-corrected chi connectivity index (χ2v) is 4.85. The minimum atomic E-state index is -0.605. The highest BCUT2D eigenvalue weighted by molar-refractivity contribution is 9.10. The summed E-state index contributed by atoms with van der Waals surface area (Å²) in [5.41, 5.74) is 0.575. The molecule has 0 saturated heterocycles. The molecule has 19 heavy (non-hydrogen) atoms. The van der Waals surface area contributed by atoms with Crippen molar-refractivity contribution in [1.82, 2.24) is 5.32 Å². The van der Waals surface area contributed by atoms with Crippen molar-refractivity contribution in [3.8, 4) is 0 Å². The maximum atomic E-state index is 13.5. The van der Waals surface area contributed by atoms with Crippen molar-refractivity contribution in [2.45, 2.75) is 6.54 Å². The number of nitrogens with one attached hydrogen (secondary N) is 1. The molecule has 0 saturated carbocycles. The van der Waals surface area contributed by atoms with Crippen molar-refractivity contribution >= 4 is 21.8 Å². The number of hydrogen-bond acceptors (Lipinski definition) is 1. The van der Waals surface area contributed by atoms with Crippen LogP contribution in [-0.2, 0) is 6.54 Å². The Morgan fingerprint density at radius 3 is 2.63 bits per heavy atom. The van der Waals surface area contributed by atoms with Crippen LogP contribution in [0.4, 0.5) is 8.78 Å². The fourth-order valence-electron chi connectivity index (χ4n) is 1.60. The number of hydrogen-bond donors (Lipinski definition) is 1. The molecular weight excluding hydrogens is 316 g/mol. The first-order valence-electron chi connectivity index (χ1n) is 5.54. The minimum Gasteiger partial charge on any atom is -0.348 e. The van der Waals surface area contributed by atoms with Crippen LogP contribution in [0.15, 0.2) is 46.9 Å². The van der Waals surface area contributed by atoms with E-state index in [1.54, 1.807) is 18.2 Å². The van der Waals surface area contributed by atoms with Crippen LogP contribution >= 0.6 is 15.9 Å². The molecule has 0 heterocycles. The molecule has 0 aliphatic heterocycles. The number of rotatable bonds is 3. The zero-order valence-electron chi connectivity index (χ0n) is 9.79. The lowest BCUT2D eigenvalue weighted by Gasteiger charge is -2.06. The SMILES string of the molecule is O=C(NCc1cccc(F)c1)c1ccc(Br)cc1F. The van der Waals surface area contributed by atoms with Crippen molar-refractivity contribution < 1.29 is 13.6 Å². The van der Waals surface area contributed by atoms with Gasteiger partial charge in [-0.15, -0.1) is 0 Å².